The van der Waals surface area contributed by atoms with E-state index in [9.17, 15) is 4.79 Å². The first-order valence-corrected chi connectivity index (χ1v) is 8.46. The number of benzene rings is 1. The van der Waals surface area contributed by atoms with Crippen LogP contribution in [0.2, 0.25) is 0 Å². The largest absolute Gasteiger partial charge is 0.383 e. The van der Waals surface area contributed by atoms with Crippen molar-refractivity contribution >= 4 is 30.7 Å². The fourth-order valence-electron chi connectivity index (χ4n) is 3.06. The van der Waals surface area contributed by atoms with Crippen LogP contribution in [0.1, 0.15) is 25.3 Å². The smallest absolute Gasteiger partial charge is 0.234 e. The molecule has 2 unspecified atom stereocenters. The van der Waals surface area contributed by atoms with E-state index in [1.165, 1.54) is 5.56 Å². The molecule has 5 nitrogen and oxygen atoms in total. The Labute approximate surface area is 163 Å². The molecule has 0 radical (unpaired) electrons. The number of amides is 1. The van der Waals surface area contributed by atoms with Gasteiger partial charge < -0.3 is 15.4 Å². The first-order valence-electron chi connectivity index (χ1n) is 8.46. The molecule has 2 atom stereocenters. The van der Waals surface area contributed by atoms with Gasteiger partial charge in [0.2, 0.25) is 5.91 Å². The Bertz CT molecular complexity index is 477. The Kier molecular flexibility index (Phi) is 12.9. The lowest BCUT2D eigenvalue weighted by Gasteiger charge is -2.38. The van der Waals surface area contributed by atoms with Crippen molar-refractivity contribution in [3.8, 4) is 0 Å². The van der Waals surface area contributed by atoms with E-state index < -0.39 is 0 Å². The van der Waals surface area contributed by atoms with Gasteiger partial charge in [-0.1, -0.05) is 30.3 Å². The lowest BCUT2D eigenvalue weighted by molar-refractivity contribution is -0.121. The average molecular weight is 392 g/mol. The van der Waals surface area contributed by atoms with Crippen molar-refractivity contribution in [2.75, 3.05) is 33.4 Å². The van der Waals surface area contributed by atoms with Gasteiger partial charge >= 0.3 is 0 Å². The summed E-state index contributed by atoms with van der Waals surface area (Å²) in [6, 6.07) is 11.3. The number of nitrogens with zero attached hydrogens (tertiary/aromatic N) is 1. The number of piperidine rings is 1. The van der Waals surface area contributed by atoms with Gasteiger partial charge in [-0.15, -0.1) is 24.8 Å². The lowest BCUT2D eigenvalue weighted by atomic mass is 9.97. The van der Waals surface area contributed by atoms with Crippen LogP contribution in [-0.2, 0) is 16.1 Å². The minimum absolute atomic E-state index is 0. The fraction of sp³-hybridized carbons (Fsp3) is 0.611. The fourth-order valence-corrected chi connectivity index (χ4v) is 3.06. The van der Waals surface area contributed by atoms with Crippen molar-refractivity contribution in [3.05, 3.63) is 35.9 Å². The van der Waals surface area contributed by atoms with E-state index in [4.69, 9.17) is 4.74 Å². The molecule has 1 amide bonds. The summed E-state index contributed by atoms with van der Waals surface area (Å²) in [5.74, 6) is 0.0785. The molecule has 25 heavy (non-hydrogen) atoms. The van der Waals surface area contributed by atoms with Crippen molar-refractivity contribution in [1.29, 1.82) is 0 Å². The van der Waals surface area contributed by atoms with E-state index >= 15 is 0 Å². The summed E-state index contributed by atoms with van der Waals surface area (Å²) in [6.45, 7) is 5.96. The van der Waals surface area contributed by atoms with Crippen LogP contribution in [0.15, 0.2) is 30.3 Å². The topological polar surface area (TPSA) is 53.6 Å². The molecule has 1 aliphatic heterocycles. The quantitative estimate of drug-likeness (QED) is 0.667. The Morgan fingerprint density at radius 2 is 2.00 bits per heavy atom. The maximum atomic E-state index is 11.9. The van der Waals surface area contributed by atoms with E-state index in [-0.39, 0.29) is 36.8 Å². The van der Waals surface area contributed by atoms with Crippen LogP contribution in [0.4, 0.5) is 0 Å². The maximum Gasteiger partial charge on any atom is 0.234 e. The molecule has 1 saturated heterocycles. The molecular formula is C18H31Cl2N3O2. The van der Waals surface area contributed by atoms with Gasteiger partial charge in [0.25, 0.3) is 0 Å². The number of rotatable bonds is 8. The molecule has 0 aromatic heterocycles. The highest BCUT2D eigenvalue weighted by Gasteiger charge is 2.26. The van der Waals surface area contributed by atoms with Gasteiger partial charge in [-0.3, -0.25) is 9.69 Å². The van der Waals surface area contributed by atoms with Gasteiger partial charge in [0.1, 0.15) is 0 Å². The van der Waals surface area contributed by atoms with Crippen molar-refractivity contribution in [2.24, 2.45) is 0 Å². The van der Waals surface area contributed by atoms with Crippen LogP contribution >= 0.6 is 24.8 Å². The highest BCUT2D eigenvalue weighted by Crippen LogP contribution is 2.19. The predicted octanol–water partition coefficient (Wildman–Crippen LogP) is 2.24. The van der Waals surface area contributed by atoms with Crippen LogP contribution in [0.3, 0.4) is 0 Å². The molecule has 0 spiro atoms. The number of likely N-dealkylation sites (tertiary alicyclic amines) is 1. The van der Waals surface area contributed by atoms with Crippen molar-refractivity contribution in [2.45, 2.75) is 38.4 Å². The summed E-state index contributed by atoms with van der Waals surface area (Å²) in [5.41, 5.74) is 1.35. The number of hydrogen-bond donors (Lipinski definition) is 2. The van der Waals surface area contributed by atoms with E-state index in [0.717, 1.165) is 25.9 Å². The van der Waals surface area contributed by atoms with Gasteiger partial charge in [0.15, 0.2) is 0 Å². The minimum Gasteiger partial charge on any atom is -0.383 e. The molecule has 0 saturated carbocycles. The summed E-state index contributed by atoms with van der Waals surface area (Å²) in [6.07, 6.45) is 2.03. The number of methoxy groups -OCH3 is 1. The maximum absolute atomic E-state index is 11.9. The van der Waals surface area contributed by atoms with Gasteiger partial charge in [-0.25, -0.2) is 0 Å². The normalized spacial score (nSPS) is 20.2. The standard InChI is InChI=1S/C18H29N3O2.2ClH/c1-15-12-17(20-18(22)13-19-9-11-23-2)8-10-21(15)14-16-6-4-3-5-7-16;;/h3-7,15,17,19H,8-14H2,1-2H3,(H,20,22);2*1H. The number of carbonyl (C=O) groups is 1. The Hall–Kier alpha value is -0.850. The molecule has 2 rings (SSSR count). The molecular weight excluding hydrogens is 361 g/mol. The van der Waals surface area contributed by atoms with Crippen LogP contribution in [0, 0.1) is 0 Å². The Morgan fingerprint density at radius 3 is 2.64 bits per heavy atom. The molecule has 1 aromatic carbocycles. The predicted molar refractivity (Wildman–Crippen MR) is 107 cm³/mol. The molecule has 1 heterocycles. The van der Waals surface area contributed by atoms with E-state index in [1.807, 2.05) is 0 Å². The first kappa shape index (κ1) is 24.1. The third-order valence-electron chi connectivity index (χ3n) is 4.38. The van der Waals surface area contributed by atoms with Crippen molar-refractivity contribution in [1.82, 2.24) is 15.5 Å². The highest BCUT2D eigenvalue weighted by atomic mass is 35.5. The molecule has 2 N–H and O–H groups in total. The van der Waals surface area contributed by atoms with Crippen LogP contribution < -0.4 is 10.6 Å². The minimum atomic E-state index is 0. The SMILES string of the molecule is COCCNCC(=O)NC1CCN(Cc2ccccc2)C(C)C1.Cl.Cl. The highest BCUT2D eigenvalue weighted by molar-refractivity contribution is 5.85. The van der Waals surface area contributed by atoms with Crippen LogP contribution in [0.25, 0.3) is 0 Å². The average Bonchev–Trinajstić information content (AvgIpc) is 2.55. The zero-order chi connectivity index (χ0) is 16.5. The van der Waals surface area contributed by atoms with E-state index in [0.29, 0.717) is 25.7 Å². The number of ether oxygens (including phenoxy) is 1. The van der Waals surface area contributed by atoms with Crippen molar-refractivity contribution in [3.63, 3.8) is 0 Å². The molecule has 0 aliphatic carbocycles. The lowest BCUT2D eigenvalue weighted by Crippen LogP contribution is -2.50. The zero-order valence-corrected chi connectivity index (χ0v) is 16.7. The number of carbonyl (C=O) groups excluding carboxylic acids is 1. The molecule has 1 aromatic rings. The first-order chi connectivity index (χ1) is 11.2. The third kappa shape index (κ3) is 8.88. The molecule has 1 fully saturated rings. The number of hydrogen-bond acceptors (Lipinski definition) is 4. The monoisotopic (exact) mass is 391 g/mol. The second kappa shape index (κ2) is 13.4. The second-order valence-electron chi connectivity index (χ2n) is 6.26. The summed E-state index contributed by atoms with van der Waals surface area (Å²) in [4.78, 5) is 14.4. The van der Waals surface area contributed by atoms with Crippen molar-refractivity contribution < 1.29 is 9.53 Å². The second-order valence-corrected chi connectivity index (χ2v) is 6.26. The van der Waals surface area contributed by atoms with E-state index in [2.05, 4.69) is 52.8 Å². The van der Waals surface area contributed by atoms with Gasteiger partial charge in [0.05, 0.1) is 13.2 Å². The number of halogens is 2. The molecule has 7 heteroatoms. The Balaban J connectivity index is 0.00000288. The van der Waals surface area contributed by atoms with Crippen LogP contribution in [0.5, 0.6) is 0 Å². The Morgan fingerprint density at radius 1 is 1.28 bits per heavy atom. The van der Waals surface area contributed by atoms with E-state index in [1.54, 1.807) is 7.11 Å². The van der Waals surface area contributed by atoms with Gasteiger partial charge in [0, 0.05) is 38.8 Å². The van der Waals surface area contributed by atoms with Gasteiger partial charge in [-0.05, 0) is 25.3 Å². The summed E-state index contributed by atoms with van der Waals surface area (Å²) in [5, 5.41) is 6.22. The molecule has 144 valence electrons. The summed E-state index contributed by atoms with van der Waals surface area (Å²) in [7, 11) is 1.66. The third-order valence-corrected chi connectivity index (χ3v) is 4.38. The van der Waals surface area contributed by atoms with Gasteiger partial charge in [-0.2, -0.15) is 0 Å². The zero-order valence-electron chi connectivity index (χ0n) is 15.1. The summed E-state index contributed by atoms with van der Waals surface area (Å²) < 4.78 is 4.95. The molecule has 0 bridgehead atoms. The van der Waals surface area contributed by atoms with Crippen LogP contribution in [-0.4, -0.2) is 56.2 Å². The number of nitrogens with one attached hydrogen (secondary N) is 2. The molecule has 1 aliphatic rings. The summed E-state index contributed by atoms with van der Waals surface area (Å²) >= 11 is 0.